The number of nitrogens with one attached hydrogen (secondary N) is 1. The molecule has 1 aromatic heterocycles. The van der Waals surface area contributed by atoms with Crippen molar-refractivity contribution in [1.82, 2.24) is 9.97 Å². The van der Waals surface area contributed by atoms with Crippen molar-refractivity contribution in [3.63, 3.8) is 0 Å². The number of aromatic nitrogens is 2. The van der Waals surface area contributed by atoms with Crippen molar-refractivity contribution in [2.75, 3.05) is 0 Å². The van der Waals surface area contributed by atoms with Crippen LogP contribution in [0.4, 0.5) is 4.39 Å². The van der Waals surface area contributed by atoms with Gasteiger partial charge in [0, 0.05) is 5.92 Å². The molecular weight excluding hydrogens is 259 g/mol. The summed E-state index contributed by atoms with van der Waals surface area (Å²) in [6, 6.07) is 5.52. The number of rotatable bonds is 4. The normalized spacial score (nSPS) is 11.0. The fourth-order valence-corrected chi connectivity index (χ4v) is 2.25. The van der Waals surface area contributed by atoms with Gasteiger partial charge in [-0.3, -0.25) is 4.79 Å². The first-order chi connectivity index (χ1) is 9.56. The zero-order chi connectivity index (χ0) is 14.7. The van der Waals surface area contributed by atoms with E-state index in [9.17, 15) is 14.3 Å². The lowest BCUT2D eigenvalue weighted by atomic mass is 10.0. The highest BCUT2D eigenvalue weighted by Gasteiger charge is 2.17. The molecule has 1 aromatic carbocycles. The molecule has 0 aliphatic carbocycles. The summed E-state index contributed by atoms with van der Waals surface area (Å²) in [5.41, 5.74) is -0.142. The summed E-state index contributed by atoms with van der Waals surface area (Å²) >= 11 is 0. The van der Waals surface area contributed by atoms with E-state index in [0.717, 1.165) is 12.8 Å². The van der Waals surface area contributed by atoms with Crippen molar-refractivity contribution >= 4 is 0 Å². The highest BCUT2D eigenvalue weighted by Crippen LogP contribution is 2.26. The minimum Gasteiger partial charge on any atom is -0.493 e. The second-order valence-corrected chi connectivity index (χ2v) is 4.67. The van der Waals surface area contributed by atoms with Gasteiger partial charge in [0.15, 0.2) is 0 Å². The van der Waals surface area contributed by atoms with E-state index < -0.39 is 11.4 Å². The average molecular weight is 276 g/mol. The van der Waals surface area contributed by atoms with Gasteiger partial charge in [-0.2, -0.15) is 4.98 Å². The van der Waals surface area contributed by atoms with E-state index >= 15 is 0 Å². The van der Waals surface area contributed by atoms with Crippen LogP contribution in [0, 0.1) is 5.82 Å². The van der Waals surface area contributed by atoms with Crippen molar-refractivity contribution in [3.8, 4) is 17.0 Å². The molecule has 0 bridgehead atoms. The Hall–Kier alpha value is -2.17. The summed E-state index contributed by atoms with van der Waals surface area (Å²) in [6.45, 7) is 3.98. The van der Waals surface area contributed by atoms with Gasteiger partial charge in [-0.15, -0.1) is 0 Å². The molecule has 2 aromatic rings. The maximum Gasteiger partial charge on any atom is 0.262 e. The van der Waals surface area contributed by atoms with E-state index in [1.807, 2.05) is 13.8 Å². The van der Waals surface area contributed by atoms with E-state index in [2.05, 4.69) is 9.97 Å². The van der Waals surface area contributed by atoms with Crippen LogP contribution in [0.2, 0.25) is 0 Å². The van der Waals surface area contributed by atoms with Crippen LogP contribution in [0.15, 0.2) is 29.1 Å². The molecular formula is C15H17FN2O2. The van der Waals surface area contributed by atoms with Crippen molar-refractivity contribution in [2.45, 2.75) is 32.6 Å². The van der Waals surface area contributed by atoms with Crippen LogP contribution in [-0.4, -0.2) is 15.1 Å². The number of aromatic amines is 1. The Bertz CT molecular complexity index is 663. The van der Waals surface area contributed by atoms with Gasteiger partial charge in [-0.1, -0.05) is 26.0 Å². The van der Waals surface area contributed by atoms with Crippen LogP contribution >= 0.6 is 0 Å². The zero-order valence-corrected chi connectivity index (χ0v) is 11.5. The summed E-state index contributed by atoms with van der Waals surface area (Å²) in [5, 5.41) is 10.0. The number of H-pyrrole nitrogens is 1. The molecule has 2 N–H and O–H groups in total. The highest BCUT2D eigenvalue weighted by atomic mass is 19.1. The number of benzene rings is 1. The van der Waals surface area contributed by atoms with Crippen molar-refractivity contribution in [1.29, 1.82) is 0 Å². The molecule has 0 fully saturated rings. The lowest BCUT2D eigenvalue weighted by molar-refractivity contribution is 0.444. The first-order valence-corrected chi connectivity index (χ1v) is 6.65. The fourth-order valence-electron chi connectivity index (χ4n) is 2.25. The van der Waals surface area contributed by atoms with Crippen LogP contribution < -0.4 is 5.56 Å². The molecule has 0 saturated heterocycles. The molecule has 0 saturated carbocycles. The smallest absolute Gasteiger partial charge is 0.262 e. The Morgan fingerprint density at radius 3 is 2.60 bits per heavy atom. The van der Waals surface area contributed by atoms with Crippen LogP contribution in [0.3, 0.4) is 0 Å². The number of hydrogen-bond acceptors (Lipinski definition) is 3. The SMILES string of the molecule is CCC(CC)c1nc(O)c(-c2cccc(F)c2)c(=O)[nH]1. The summed E-state index contributed by atoms with van der Waals surface area (Å²) in [7, 11) is 0. The highest BCUT2D eigenvalue weighted by molar-refractivity contribution is 5.67. The minimum absolute atomic E-state index is 0.000735. The van der Waals surface area contributed by atoms with Gasteiger partial charge in [0.1, 0.15) is 17.2 Å². The fraction of sp³-hybridized carbons (Fsp3) is 0.333. The third-order valence-corrected chi connectivity index (χ3v) is 3.40. The monoisotopic (exact) mass is 276 g/mol. The molecule has 2 rings (SSSR count). The van der Waals surface area contributed by atoms with Crippen molar-refractivity contribution < 1.29 is 9.50 Å². The Morgan fingerprint density at radius 1 is 1.35 bits per heavy atom. The van der Waals surface area contributed by atoms with Crippen LogP contribution in [0.25, 0.3) is 11.1 Å². The number of nitrogens with zero attached hydrogens (tertiary/aromatic N) is 1. The van der Waals surface area contributed by atoms with E-state index in [4.69, 9.17) is 0 Å². The molecule has 0 atom stereocenters. The summed E-state index contributed by atoms with van der Waals surface area (Å²) < 4.78 is 13.2. The maximum atomic E-state index is 13.2. The molecule has 0 unspecified atom stereocenters. The maximum absolute atomic E-state index is 13.2. The molecule has 1 heterocycles. The first-order valence-electron chi connectivity index (χ1n) is 6.65. The van der Waals surface area contributed by atoms with Gasteiger partial charge in [-0.25, -0.2) is 4.39 Å². The molecule has 5 heteroatoms. The van der Waals surface area contributed by atoms with Crippen molar-refractivity contribution in [3.05, 3.63) is 46.3 Å². The van der Waals surface area contributed by atoms with Gasteiger partial charge in [0.2, 0.25) is 5.88 Å². The van der Waals surface area contributed by atoms with Crippen LogP contribution in [0.1, 0.15) is 38.4 Å². The zero-order valence-electron chi connectivity index (χ0n) is 11.5. The number of halogens is 1. The Kier molecular flexibility index (Phi) is 4.17. The average Bonchev–Trinajstić information content (AvgIpc) is 2.39. The topological polar surface area (TPSA) is 66.0 Å². The van der Waals surface area contributed by atoms with Crippen molar-refractivity contribution in [2.24, 2.45) is 0 Å². The quantitative estimate of drug-likeness (QED) is 0.901. The molecule has 106 valence electrons. The molecule has 0 aliphatic rings. The lowest BCUT2D eigenvalue weighted by Gasteiger charge is -2.12. The largest absolute Gasteiger partial charge is 0.493 e. The third-order valence-electron chi connectivity index (χ3n) is 3.40. The predicted octanol–water partition coefficient (Wildman–Crippen LogP) is 3.19. The van der Waals surface area contributed by atoms with E-state index in [-0.39, 0.29) is 17.4 Å². The van der Waals surface area contributed by atoms with Gasteiger partial charge in [0.05, 0.1) is 0 Å². The van der Waals surface area contributed by atoms with E-state index in [1.165, 1.54) is 18.2 Å². The number of hydrogen-bond donors (Lipinski definition) is 2. The molecule has 20 heavy (non-hydrogen) atoms. The molecule has 0 spiro atoms. The third kappa shape index (κ3) is 2.71. The standard InChI is InChI=1S/C15H17FN2O2/c1-3-9(4-2)13-17-14(19)12(15(20)18-13)10-6-5-7-11(16)8-10/h5-9H,3-4H2,1-2H3,(H2,17,18,19,20). The summed E-state index contributed by atoms with van der Waals surface area (Å²) in [5.74, 6) is -0.264. The minimum atomic E-state index is -0.467. The Labute approximate surface area is 116 Å². The van der Waals surface area contributed by atoms with Crippen LogP contribution in [0.5, 0.6) is 5.88 Å². The molecule has 0 radical (unpaired) electrons. The number of aromatic hydroxyl groups is 1. The van der Waals surface area contributed by atoms with Gasteiger partial charge >= 0.3 is 0 Å². The van der Waals surface area contributed by atoms with E-state index in [0.29, 0.717) is 11.4 Å². The van der Waals surface area contributed by atoms with Crippen LogP contribution in [-0.2, 0) is 0 Å². The van der Waals surface area contributed by atoms with Gasteiger partial charge < -0.3 is 10.1 Å². The van der Waals surface area contributed by atoms with Gasteiger partial charge in [-0.05, 0) is 30.5 Å². The first kappa shape index (κ1) is 14.2. The summed E-state index contributed by atoms with van der Waals surface area (Å²) in [4.78, 5) is 18.9. The lowest BCUT2D eigenvalue weighted by Crippen LogP contribution is -2.16. The molecule has 0 amide bonds. The van der Waals surface area contributed by atoms with E-state index in [1.54, 1.807) is 6.07 Å². The Balaban J connectivity index is 2.55. The second kappa shape index (κ2) is 5.86. The Morgan fingerprint density at radius 2 is 2.05 bits per heavy atom. The summed E-state index contributed by atoms with van der Waals surface area (Å²) in [6.07, 6.45) is 1.64. The predicted molar refractivity (Wildman–Crippen MR) is 75.2 cm³/mol. The second-order valence-electron chi connectivity index (χ2n) is 4.67. The molecule has 0 aliphatic heterocycles. The van der Waals surface area contributed by atoms with Gasteiger partial charge in [0.25, 0.3) is 5.56 Å². The molecule has 4 nitrogen and oxygen atoms in total.